The summed E-state index contributed by atoms with van der Waals surface area (Å²) in [6.07, 6.45) is 0. The Kier molecular flexibility index (Phi) is 6.95. The first-order valence-electron chi connectivity index (χ1n) is 22.9. The molecule has 0 aliphatic heterocycles. The van der Waals surface area contributed by atoms with E-state index in [-0.39, 0.29) is 0 Å². The van der Waals surface area contributed by atoms with E-state index in [1.807, 2.05) is 72.8 Å². The molecule has 0 fully saturated rings. The van der Waals surface area contributed by atoms with Crippen LogP contribution in [0, 0.1) is 0 Å². The zero-order valence-electron chi connectivity index (χ0n) is 36.1. The molecule has 314 valence electrons. The summed E-state index contributed by atoms with van der Waals surface area (Å²) >= 11 is 0. The Hall–Kier alpha value is -9.33. The van der Waals surface area contributed by atoms with E-state index >= 15 is 0 Å². The lowest BCUT2D eigenvalue weighted by atomic mass is 10.0. The molecule has 7 heteroatoms. The molecule has 0 aliphatic carbocycles. The average Bonchev–Trinajstić information content (AvgIpc) is 4.21. The molecule has 68 heavy (non-hydrogen) atoms. The molecule has 0 spiro atoms. The van der Waals surface area contributed by atoms with Gasteiger partial charge in [0.05, 0.1) is 49.8 Å². The van der Waals surface area contributed by atoms with E-state index in [4.69, 9.17) is 23.8 Å². The summed E-state index contributed by atoms with van der Waals surface area (Å²) in [4.78, 5) is 15.7. The van der Waals surface area contributed by atoms with Crippen molar-refractivity contribution in [1.29, 1.82) is 0 Å². The molecule has 0 saturated heterocycles. The fraction of sp³-hybridized carbons (Fsp3) is 0. The van der Waals surface area contributed by atoms with Crippen molar-refractivity contribution in [2.45, 2.75) is 0 Å². The van der Waals surface area contributed by atoms with Crippen LogP contribution >= 0.6 is 0 Å². The van der Waals surface area contributed by atoms with E-state index in [0.717, 1.165) is 71.7 Å². The first-order chi connectivity index (χ1) is 33.7. The molecule has 0 bridgehead atoms. The van der Waals surface area contributed by atoms with Gasteiger partial charge in [-0.2, -0.15) is 0 Å². The fourth-order valence-corrected chi connectivity index (χ4v) is 11.4. The third-order valence-corrected chi connectivity index (χ3v) is 14.3. The first-order valence-corrected chi connectivity index (χ1v) is 22.9. The second-order valence-electron chi connectivity index (χ2n) is 17.8. The number of rotatable bonds is 4. The lowest BCUT2D eigenvalue weighted by Gasteiger charge is -2.13. The van der Waals surface area contributed by atoms with Crippen molar-refractivity contribution in [2.24, 2.45) is 0 Å². The van der Waals surface area contributed by atoms with Gasteiger partial charge in [0, 0.05) is 54.0 Å². The molecule has 16 rings (SSSR count). The Morgan fingerprint density at radius 3 is 1.82 bits per heavy atom. The lowest BCUT2D eigenvalue weighted by molar-refractivity contribution is 0.669. The molecule has 0 saturated carbocycles. The molecule has 10 aromatic carbocycles. The van der Waals surface area contributed by atoms with Crippen molar-refractivity contribution in [3.8, 4) is 39.9 Å². The van der Waals surface area contributed by atoms with Crippen LogP contribution in [-0.4, -0.2) is 23.9 Å². The lowest BCUT2D eigenvalue weighted by Crippen LogP contribution is -2.01. The highest BCUT2D eigenvalue weighted by Crippen LogP contribution is 2.47. The molecule has 0 aliphatic rings. The van der Waals surface area contributed by atoms with E-state index in [0.29, 0.717) is 23.1 Å². The van der Waals surface area contributed by atoms with E-state index in [2.05, 4.69) is 136 Å². The largest absolute Gasteiger partial charge is 0.455 e. The predicted octanol–water partition coefficient (Wildman–Crippen LogP) is 16.1. The third-order valence-electron chi connectivity index (χ3n) is 14.3. The van der Waals surface area contributed by atoms with Gasteiger partial charge in [-0.1, -0.05) is 146 Å². The summed E-state index contributed by atoms with van der Waals surface area (Å²) in [6, 6.07) is 70.7. The maximum Gasteiger partial charge on any atom is 0.167 e. The van der Waals surface area contributed by atoms with Crippen molar-refractivity contribution in [2.75, 3.05) is 0 Å². The van der Waals surface area contributed by atoms with Crippen molar-refractivity contribution in [3.05, 3.63) is 200 Å². The summed E-state index contributed by atoms with van der Waals surface area (Å²) in [6.45, 7) is 0. The van der Waals surface area contributed by atoms with Crippen LogP contribution in [0.5, 0.6) is 0 Å². The van der Waals surface area contributed by atoms with Gasteiger partial charge in [0.2, 0.25) is 0 Å². The van der Waals surface area contributed by atoms with Crippen molar-refractivity contribution in [1.82, 2.24) is 23.9 Å². The second kappa shape index (κ2) is 13.2. The number of hydrogen-bond acceptors (Lipinski definition) is 5. The molecule has 7 nitrogen and oxygen atoms in total. The molecule has 0 amide bonds. The van der Waals surface area contributed by atoms with Crippen LogP contribution in [0.15, 0.2) is 209 Å². The molecular formula is C61H33N5O2. The van der Waals surface area contributed by atoms with Crippen LogP contribution in [-0.2, 0) is 0 Å². The number of aromatic nitrogens is 5. The normalized spacial score (nSPS) is 12.4. The molecular weight excluding hydrogens is 835 g/mol. The Morgan fingerprint density at radius 2 is 0.971 bits per heavy atom. The van der Waals surface area contributed by atoms with E-state index < -0.39 is 0 Å². The number of hydrogen-bond donors (Lipinski definition) is 0. The standard InChI is InChI=1S/C61H33N5O2/c1-2-15-35(16-3-1)59-62-60(43-24-13-23-41-38-19-7-10-26-52(38)67-57(41)43)64-61(63-59)44-29-31-49(55-42-20-8-11-27-53(42)68-58(44)55)65-48-30-28-34-14-4-5-17-36(34)54(48)46-32-45-40-22-12-21-39-37-18-6-9-25-47(37)66(56(39)40)50(45)33-51(46)65/h1-33H. The highest BCUT2D eigenvalue weighted by atomic mass is 16.3. The molecule has 0 radical (unpaired) electrons. The number of fused-ring (bicyclic) bond motifs is 17. The highest BCUT2D eigenvalue weighted by molar-refractivity contribution is 6.29. The van der Waals surface area contributed by atoms with Gasteiger partial charge in [-0.15, -0.1) is 0 Å². The van der Waals surface area contributed by atoms with Crippen molar-refractivity contribution >= 4 is 115 Å². The predicted molar refractivity (Wildman–Crippen MR) is 277 cm³/mol. The quantitative estimate of drug-likeness (QED) is 0.176. The van der Waals surface area contributed by atoms with Crippen LogP contribution in [0.3, 0.4) is 0 Å². The minimum Gasteiger partial charge on any atom is -0.455 e. The van der Waals surface area contributed by atoms with Gasteiger partial charge >= 0.3 is 0 Å². The Bertz CT molecular complexity index is 4800. The molecule has 6 aromatic heterocycles. The van der Waals surface area contributed by atoms with Gasteiger partial charge in [0.25, 0.3) is 0 Å². The van der Waals surface area contributed by atoms with Crippen molar-refractivity contribution < 1.29 is 8.83 Å². The molecule has 0 N–H and O–H groups in total. The summed E-state index contributed by atoms with van der Waals surface area (Å²) in [5.41, 5.74) is 12.3. The number of nitrogens with zero attached hydrogens (tertiary/aromatic N) is 5. The van der Waals surface area contributed by atoms with Crippen LogP contribution in [0.25, 0.3) is 154 Å². The van der Waals surface area contributed by atoms with Crippen LogP contribution in [0.4, 0.5) is 0 Å². The molecule has 0 unspecified atom stereocenters. The monoisotopic (exact) mass is 867 g/mol. The maximum absolute atomic E-state index is 7.03. The summed E-state index contributed by atoms with van der Waals surface area (Å²) in [5, 5.41) is 13.9. The van der Waals surface area contributed by atoms with Crippen LogP contribution in [0.2, 0.25) is 0 Å². The van der Waals surface area contributed by atoms with Crippen molar-refractivity contribution in [3.63, 3.8) is 0 Å². The van der Waals surface area contributed by atoms with Gasteiger partial charge in [-0.05, 0) is 65.4 Å². The van der Waals surface area contributed by atoms with E-state index in [1.54, 1.807) is 0 Å². The zero-order chi connectivity index (χ0) is 44.2. The van der Waals surface area contributed by atoms with Crippen LogP contribution < -0.4 is 0 Å². The number of para-hydroxylation sites is 5. The summed E-state index contributed by atoms with van der Waals surface area (Å²) in [7, 11) is 0. The third kappa shape index (κ3) is 4.73. The fourth-order valence-electron chi connectivity index (χ4n) is 11.4. The van der Waals surface area contributed by atoms with Crippen LogP contribution in [0.1, 0.15) is 0 Å². The molecule has 6 heterocycles. The number of furan rings is 2. The minimum absolute atomic E-state index is 0.505. The maximum atomic E-state index is 7.03. The minimum atomic E-state index is 0.505. The molecule has 0 atom stereocenters. The topological polar surface area (TPSA) is 74.3 Å². The van der Waals surface area contributed by atoms with Gasteiger partial charge < -0.3 is 17.8 Å². The zero-order valence-corrected chi connectivity index (χ0v) is 36.1. The summed E-state index contributed by atoms with van der Waals surface area (Å²) in [5.74, 6) is 1.58. The molecule has 16 aromatic rings. The van der Waals surface area contributed by atoms with E-state index in [1.165, 1.54) is 59.6 Å². The Balaban J connectivity index is 1.02. The highest BCUT2D eigenvalue weighted by Gasteiger charge is 2.26. The first kappa shape index (κ1) is 36.0. The SMILES string of the molecule is c1ccc(-c2nc(-c3cccc4c3oc3ccccc34)nc(-c3ccc(-n4c5cc6c(cc5c5c7ccccc7ccc54)c4cccc5c7ccccc7n6c54)c4c3oc3ccccc34)n2)cc1. The summed E-state index contributed by atoms with van der Waals surface area (Å²) < 4.78 is 18.5. The van der Waals surface area contributed by atoms with Gasteiger partial charge in [0.15, 0.2) is 17.5 Å². The van der Waals surface area contributed by atoms with E-state index in [9.17, 15) is 0 Å². The second-order valence-corrected chi connectivity index (χ2v) is 17.8. The number of benzene rings is 10. The average molecular weight is 868 g/mol. The van der Waals surface area contributed by atoms with Gasteiger partial charge in [-0.25, -0.2) is 15.0 Å². The Morgan fingerprint density at radius 1 is 0.338 bits per heavy atom. The smallest absolute Gasteiger partial charge is 0.167 e. The Labute approximate surface area is 385 Å². The van der Waals surface area contributed by atoms with Gasteiger partial charge in [-0.3, -0.25) is 0 Å². The van der Waals surface area contributed by atoms with Gasteiger partial charge in [0.1, 0.15) is 22.3 Å².